The average molecular weight is 335 g/mol. The summed E-state index contributed by atoms with van der Waals surface area (Å²) in [7, 11) is 0. The van der Waals surface area contributed by atoms with E-state index in [9.17, 15) is 0 Å². The Labute approximate surface area is 128 Å². The van der Waals surface area contributed by atoms with Crippen molar-refractivity contribution in [3.05, 3.63) is 52.1 Å². The Balaban J connectivity index is 2.01. The molecule has 0 spiro atoms. The molecule has 0 saturated heterocycles. The number of nitrogens with one attached hydrogen (secondary N) is 1. The molecular weight excluding hydrogens is 316 g/mol. The number of rotatable bonds is 6. The van der Waals surface area contributed by atoms with E-state index in [4.69, 9.17) is 4.74 Å². The molecule has 0 aliphatic heterocycles. The Morgan fingerprint density at radius 2 is 2.10 bits per heavy atom. The number of pyridine rings is 1. The average Bonchev–Trinajstić information content (AvgIpc) is 2.46. The van der Waals surface area contributed by atoms with Gasteiger partial charge in [0.2, 0.25) is 0 Å². The van der Waals surface area contributed by atoms with Crippen molar-refractivity contribution in [1.29, 1.82) is 0 Å². The van der Waals surface area contributed by atoms with E-state index in [2.05, 4.69) is 33.2 Å². The molecule has 0 radical (unpaired) electrons. The van der Waals surface area contributed by atoms with Gasteiger partial charge in [-0.05, 0) is 43.2 Å². The van der Waals surface area contributed by atoms with Crippen LogP contribution < -0.4 is 10.1 Å². The van der Waals surface area contributed by atoms with Gasteiger partial charge in [-0.25, -0.2) is 4.98 Å². The van der Waals surface area contributed by atoms with Crippen molar-refractivity contribution in [3.63, 3.8) is 0 Å². The Morgan fingerprint density at radius 3 is 2.90 bits per heavy atom. The van der Waals surface area contributed by atoms with Crippen molar-refractivity contribution < 1.29 is 4.74 Å². The Hall–Kier alpha value is -1.55. The smallest absolute Gasteiger partial charge is 0.130 e. The van der Waals surface area contributed by atoms with Gasteiger partial charge in [-0.2, -0.15) is 0 Å². The molecule has 0 aliphatic carbocycles. The first kappa shape index (κ1) is 14.9. The molecule has 0 unspecified atom stereocenters. The van der Waals surface area contributed by atoms with Crippen LogP contribution in [0.3, 0.4) is 0 Å². The second-order valence-electron chi connectivity index (χ2n) is 4.64. The predicted octanol–water partition coefficient (Wildman–Crippen LogP) is 4.55. The first-order chi connectivity index (χ1) is 9.69. The molecule has 0 amide bonds. The Bertz CT molecular complexity index is 572. The van der Waals surface area contributed by atoms with Crippen LogP contribution in [0.4, 0.5) is 5.82 Å². The van der Waals surface area contributed by atoms with Crippen molar-refractivity contribution in [2.24, 2.45) is 0 Å². The van der Waals surface area contributed by atoms with E-state index >= 15 is 0 Å². The minimum Gasteiger partial charge on any atom is -0.487 e. The Morgan fingerprint density at radius 1 is 1.25 bits per heavy atom. The topological polar surface area (TPSA) is 34.1 Å². The van der Waals surface area contributed by atoms with Crippen LogP contribution in [0.15, 0.2) is 40.9 Å². The molecule has 1 aromatic heterocycles. The lowest BCUT2D eigenvalue weighted by atomic mass is 10.2. The third-order valence-corrected chi connectivity index (χ3v) is 3.38. The first-order valence-corrected chi connectivity index (χ1v) is 7.57. The minimum absolute atomic E-state index is 0.471. The highest BCUT2D eigenvalue weighted by molar-refractivity contribution is 9.10. The predicted molar refractivity (Wildman–Crippen MR) is 86.2 cm³/mol. The van der Waals surface area contributed by atoms with E-state index in [0.29, 0.717) is 6.61 Å². The van der Waals surface area contributed by atoms with Crippen LogP contribution >= 0.6 is 15.9 Å². The number of ether oxygens (including phenoxy) is 1. The molecular formula is C16H19BrN2O. The molecule has 20 heavy (non-hydrogen) atoms. The van der Waals surface area contributed by atoms with Crippen LogP contribution in [-0.4, -0.2) is 11.5 Å². The van der Waals surface area contributed by atoms with Gasteiger partial charge in [0.05, 0.1) is 5.69 Å². The normalized spacial score (nSPS) is 10.3. The highest BCUT2D eigenvalue weighted by Gasteiger charge is 2.03. The first-order valence-electron chi connectivity index (χ1n) is 6.78. The monoisotopic (exact) mass is 334 g/mol. The molecule has 1 N–H and O–H groups in total. The van der Waals surface area contributed by atoms with E-state index in [-0.39, 0.29) is 0 Å². The third-order valence-electron chi connectivity index (χ3n) is 2.89. The SMILES string of the molecule is CCCNc1cccc(COc2cc(Br)ccc2C)n1. The molecule has 3 nitrogen and oxygen atoms in total. The molecule has 0 saturated carbocycles. The van der Waals surface area contributed by atoms with E-state index in [0.717, 1.165) is 40.3 Å². The van der Waals surface area contributed by atoms with Crippen LogP contribution in [0, 0.1) is 6.92 Å². The number of nitrogens with zero attached hydrogens (tertiary/aromatic N) is 1. The minimum atomic E-state index is 0.471. The lowest BCUT2D eigenvalue weighted by molar-refractivity contribution is 0.299. The van der Waals surface area contributed by atoms with Gasteiger partial charge >= 0.3 is 0 Å². The summed E-state index contributed by atoms with van der Waals surface area (Å²) in [6, 6.07) is 12.0. The molecule has 0 bridgehead atoms. The maximum atomic E-state index is 5.84. The van der Waals surface area contributed by atoms with Crippen molar-refractivity contribution in [2.45, 2.75) is 26.9 Å². The molecule has 4 heteroatoms. The zero-order valence-corrected chi connectivity index (χ0v) is 13.4. The second kappa shape index (κ2) is 7.29. The fourth-order valence-corrected chi connectivity index (χ4v) is 2.13. The molecule has 106 valence electrons. The molecule has 1 aromatic carbocycles. The highest BCUT2D eigenvalue weighted by atomic mass is 79.9. The van der Waals surface area contributed by atoms with Crippen molar-refractivity contribution in [1.82, 2.24) is 4.98 Å². The van der Waals surface area contributed by atoms with Gasteiger partial charge in [0.1, 0.15) is 18.2 Å². The second-order valence-corrected chi connectivity index (χ2v) is 5.56. The van der Waals surface area contributed by atoms with Gasteiger partial charge in [-0.1, -0.05) is 35.0 Å². The molecule has 0 fully saturated rings. The van der Waals surface area contributed by atoms with Crippen LogP contribution in [-0.2, 0) is 6.61 Å². The maximum absolute atomic E-state index is 5.84. The van der Waals surface area contributed by atoms with Crippen LogP contribution in [0.5, 0.6) is 5.75 Å². The summed E-state index contributed by atoms with van der Waals surface area (Å²) < 4.78 is 6.86. The van der Waals surface area contributed by atoms with Gasteiger partial charge in [0.15, 0.2) is 0 Å². The van der Waals surface area contributed by atoms with Crippen molar-refractivity contribution in [2.75, 3.05) is 11.9 Å². The summed E-state index contributed by atoms with van der Waals surface area (Å²) in [6.45, 7) is 5.57. The van der Waals surface area contributed by atoms with Gasteiger partial charge in [0.25, 0.3) is 0 Å². The quantitative estimate of drug-likeness (QED) is 0.841. The number of anilines is 1. The third kappa shape index (κ3) is 4.23. The zero-order valence-electron chi connectivity index (χ0n) is 11.8. The summed E-state index contributed by atoms with van der Waals surface area (Å²) in [4.78, 5) is 4.53. The summed E-state index contributed by atoms with van der Waals surface area (Å²) >= 11 is 3.46. The molecule has 2 rings (SSSR count). The van der Waals surface area contributed by atoms with Crippen molar-refractivity contribution in [3.8, 4) is 5.75 Å². The molecule has 2 aromatic rings. The van der Waals surface area contributed by atoms with Crippen LogP contribution in [0.2, 0.25) is 0 Å². The summed E-state index contributed by atoms with van der Waals surface area (Å²) in [5.74, 6) is 1.78. The highest BCUT2D eigenvalue weighted by Crippen LogP contribution is 2.23. The Kier molecular flexibility index (Phi) is 5.41. The molecule has 0 aliphatic rings. The number of aryl methyl sites for hydroxylation is 1. The van der Waals surface area contributed by atoms with E-state index in [1.54, 1.807) is 0 Å². The summed E-state index contributed by atoms with van der Waals surface area (Å²) in [5, 5.41) is 3.28. The fraction of sp³-hybridized carbons (Fsp3) is 0.312. The van der Waals surface area contributed by atoms with Crippen LogP contribution in [0.25, 0.3) is 0 Å². The number of hydrogen-bond acceptors (Lipinski definition) is 3. The lowest BCUT2D eigenvalue weighted by Gasteiger charge is -2.10. The van der Waals surface area contributed by atoms with E-state index in [1.165, 1.54) is 0 Å². The maximum Gasteiger partial charge on any atom is 0.130 e. The molecule has 0 atom stereocenters. The van der Waals surface area contributed by atoms with Crippen molar-refractivity contribution >= 4 is 21.7 Å². The summed E-state index contributed by atoms with van der Waals surface area (Å²) in [6.07, 6.45) is 1.08. The number of aromatic nitrogens is 1. The lowest BCUT2D eigenvalue weighted by Crippen LogP contribution is -2.05. The molecule has 1 heterocycles. The largest absolute Gasteiger partial charge is 0.487 e. The van der Waals surface area contributed by atoms with E-state index in [1.807, 2.05) is 43.3 Å². The van der Waals surface area contributed by atoms with Gasteiger partial charge in [-0.3, -0.25) is 0 Å². The fourth-order valence-electron chi connectivity index (χ4n) is 1.79. The van der Waals surface area contributed by atoms with E-state index < -0.39 is 0 Å². The number of benzene rings is 1. The van der Waals surface area contributed by atoms with Gasteiger partial charge in [0, 0.05) is 11.0 Å². The summed E-state index contributed by atoms with van der Waals surface area (Å²) in [5.41, 5.74) is 2.04. The number of hydrogen-bond donors (Lipinski definition) is 1. The zero-order chi connectivity index (χ0) is 14.4. The van der Waals surface area contributed by atoms with Crippen LogP contribution in [0.1, 0.15) is 24.6 Å². The van der Waals surface area contributed by atoms with Gasteiger partial charge in [-0.15, -0.1) is 0 Å². The standard InChI is InChI=1S/C16H19BrN2O/c1-3-9-18-16-6-4-5-14(19-16)11-20-15-10-13(17)8-7-12(15)2/h4-8,10H,3,9,11H2,1-2H3,(H,18,19). The van der Waals surface area contributed by atoms with Gasteiger partial charge < -0.3 is 10.1 Å². The number of halogens is 1.